The van der Waals surface area contributed by atoms with Crippen LogP contribution in [0.4, 0.5) is 0 Å². The van der Waals surface area contributed by atoms with E-state index in [4.69, 9.17) is 14.2 Å². The first-order chi connectivity index (χ1) is 9.63. The molecule has 1 aliphatic heterocycles. The minimum Gasteiger partial charge on any atom is -0.465 e. The Kier molecular flexibility index (Phi) is 5.15. The largest absolute Gasteiger partial charge is 0.465 e. The van der Waals surface area contributed by atoms with Crippen LogP contribution in [0.1, 0.15) is 15.9 Å². The van der Waals surface area contributed by atoms with E-state index in [0.29, 0.717) is 31.9 Å². The second kappa shape index (κ2) is 6.67. The highest BCUT2D eigenvalue weighted by atomic mass is 79.9. The molecule has 110 valence electrons. The molecule has 1 saturated heterocycles. The van der Waals surface area contributed by atoms with Crippen LogP contribution in [-0.4, -0.2) is 51.4 Å². The van der Waals surface area contributed by atoms with E-state index >= 15 is 0 Å². The van der Waals surface area contributed by atoms with E-state index in [1.54, 1.807) is 19.2 Å². The third kappa shape index (κ3) is 2.88. The SMILES string of the molecule is COC(=O)c1ccccc1C(Br)(OC)N1CCOCC1. The van der Waals surface area contributed by atoms with E-state index in [1.165, 1.54) is 7.11 Å². The van der Waals surface area contributed by atoms with Crippen molar-refractivity contribution in [1.82, 2.24) is 4.90 Å². The summed E-state index contributed by atoms with van der Waals surface area (Å²) in [6, 6.07) is 7.27. The zero-order valence-corrected chi connectivity index (χ0v) is 13.2. The predicted molar refractivity (Wildman–Crippen MR) is 77.8 cm³/mol. The van der Waals surface area contributed by atoms with Crippen LogP contribution >= 0.6 is 15.9 Å². The molecule has 5 nitrogen and oxygen atoms in total. The quantitative estimate of drug-likeness (QED) is 0.475. The van der Waals surface area contributed by atoms with Crippen molar-refractivity contribution >= 4 is 21.9 Å². The van der Waals surface area contributed by atoms with E-state index in [1.807, 2.05) is 12.1 Å². The van der Waals surface area contributed by atoms with Gasteiger partial charge in [0, 0.05) is 25.8 Å². The van der Waals surface area contributed by atoms with E-state index < -0.39 is 4.63 Å². The Morgan fingerprint density at radius 3 is 2.55 bits per heavy atom. The van der Waals surface area contributed by atoms with Crippen molar-refractivity contribution in [3.63, 3.8) is 0 Å². The maximum absolute atomic E-state index is 11.9. The summed E-state index contributed by atoms with van der Waals surface area (Å²) >= 11 is 3.64. The number of halogens is 1. The number of ether oxygens (including phenoxy) is 3. The molecular formula is C14H18BrNO4. The van der Waals surface area contributed by atoms with Crippen LogP contribution in [0.5, 0.6) is 0 Å². The highest BCUT2D eigenvalue weighted by Gasteiger charge is 2.39. The highest BCUT2D eigenvalue weighted by Crippen LogP contribution is 2.38. The number of carbonyl (C=O) groups excluding carboxylic acids is 1. The Morgan fingerprint density at radius 2 is 1.95 bits per heavy atom. The van der Waals surface area contributed by atoms with Crippen molar-refractivity contribution in [3.8, 4) is 0 Å². The first kappa shape index (κ1) is 15.4. The van der Waals surface area contributed by atoms with Crippen LogP contribution in [0.15, 0.2) is 24.3 Å². The molecule has 1 aromatic rings. The van der Waals surface area contributed by atoms with Crippen molar-refractivity contribution < 1.29 is 19.0 Å². The molecule has 2 rings (SSSR count). The van der Waals surface area contributed by atoms with Gasteiger partial charge in [0.25, 0.3) is 0 Å². The fraction of sp³-hybridized carbons (Fsp3) is 0.500. The highest BCUT2D eigenvalue weighted by molar-refractivity contribution is 9.09. The number of hydrogen-bond acceptors (Lipinski definition) is 5. The first-order valence-electron chi connectivity index (χ1n) is 6.38. The zero-order valence-electron chi connectivity index (χ0n) is 11.6. The van der Waals surface area contributed by atoms with Gasteiger partial charge in [-0.25, -0.2) is 4.79 Å². The van der Waals surface area contributed by atoms with Crippen LogP contribution in [0, 0.1) is 0 Å². The lowest BCUT2D eigenvalue weighted by Crippen LogP contribution is -2.49. The summed E-state index contributed by atoms with van der Waals surface area (Å²) in [4.78, 5) is 14.0. The number of benzene rings is 1. The average Bonchev–Trinajstić information content (AvgIpc) is 2.54. The molecule has 0 radical (unpaired) electrons. The van der Waals surface area contributed by atoms with Gasteiger partial charge < -0.3 is 14.2 Å². The molecule has 0 amide bonds. The summed E-state index contributed by atoms with van der Waals surface area (Å²) in [6.07, 6.45) is 0. The fourth-order valence-electron chi connectivity index (χ4n) is 2.30. The third-order valence-electron chi connectivity index (χ3n) is 3.35. The number of morpholine rings is 1. The van der Waals surface area contributed by atoms with Gasteiger partial charge in [-0.05, 0) is 22.0 Å². The molecule has 1 atom stereocenters. The average molecular weight is 344 g/mol. The van der Waals surface area contributed by atoms with Gasteiger partial charge in [0.15, 0.2) is 0 Å². The Balaban J connectivity index is 2.42. The van der Waals surface area contributed by atoms with E-state index in [0.717, 1.165) is 5.56 Å². The zero-order chi connectivity index (χ0) is 14.6. The maximum atomic E-state index is 11.9. The second-order valence-electron chi connectivity index (χ2n) is 4.40. The normalized spacial score (nSPS) is 19.4. The first-order valence-corrected chi connectivity index (χ1v) is 7.17. The van der Waals surface area contributed by atoms with Gasteiger partial charge in [0.2, 0.25) is 4.63 Å². The van der Waals surface area contributed by atoms with Gasteiger partial charge in [-0.3, -0.25) is 4.90 Å². The maximum Gasteiger partial charge on any atom is 0.338 e. The number of rotatable bonds is 4. The van der Waals surface area contributed by atoms with E-state index in [9.17, 15) is 4.79 Å². The molecule has 0 aromatic heterocycles. The molecule has 1 unspecified atom stereocenters. The molecule has 1 aromatic carbocycles. The molecule has 1 fully saturated rings. The topological polar surface area (TPSA) is 48.0 Å². The summed E-state index contributed by atoms with van der Waals surface area (Å²) < 4.78 is 15.0. The van der Waals surface area contributed by atoms with Crippen molar-refractivity contribution in [2.24, 2.45) is 0 Å². The number of carbonyl (C=O) groups is 1. The molecule has 1 heterocycles. The van der Waals surface area contributed by atoms with E-state index in [2.05, 4.69) is 20.8 Å². The van der Waals surface area contributed by atoms with Gasteiger partial charge in [-0.15, -0.1) is 0 Å². The van der Waals surface area contributed by atoms with Crippen LogP contribution in [0.3, 0.4) is 0 Å². The molecule has 0 aliphatic carbocycles. The lowest BCUT2D eigenvalue weighted by molar-refractivity contribution is -0.102. The minimum atomic E-state index is -0.860. The van der Waals surface area contributed by atoms with Gasteiger partial charge in [0.1, 0.15) is 0 Å². The number of esters is 1. The monoisotopic (exact) mass is 343 g/mol. The van der Waals surface area contributed by atoms with Crippen LogP contribution in [0.2, 0.25) is 0 Å². The summed E-state index contributed by atoms with van der Waals surface area (Å²) in [6.45, 7) is 2.71. The van der Waals surface area contributed by atoms with Gasteiger partial charge in [0.05, 0.1) is 25.9 Å². The molecule has 0 bridgehead atoms. The number of hydrogen-bond donors (Lipinski definition) is 0. The smallest absolute Gasteiger partial charge is 0.338 e. The standard InChI is InChI=1S/C14H18BrNO4/c1-18-13(17)11-5-3-4-6-12(11)14(15,19-2)16-7-9-20-10-8-16/h3-6H,7-10H2,1-2H3. The van der Waals surface area contributed by atoms with Crippen LogP contribution < -0.4 is 0 Å². The molecular weight excluding hydrogens is 326 g/mol. The van der Waals surface area contributed by atoms with E-state index in [-0.39, 0.29) is 5.97 Å². The Morgan fingerprint density at radius 1 is 1.30 bits per heavy atom. The van der Waals surface area contributed by atoms with Gasteiger partial charge >= 0.3 is 5.97 Å². The number of methoxy groups -OCH3 is 2. The Hall–Kier alpha value is -0.950. The molecule has 1 aliphatic rings. The van der Waals surface area contributed by atoms with Gasteiger partial charge in [-0.2, -0.15) is 0 Å². The Bertz CT molecular complexity index is 476. The lowest BCUT2D eigenvalue weighted by atomic mass is 10.0. The fourth-order valence-corrected chi connectivity index (χ4v) is 3.00. The summed E-state index contributed by atoms with van der Waals surface area (Å²) in [5.41, 5.74) is 1.22. The van der Waals surface area contributed by atoms with Crippen LogP contribution in [0.25, 0.3) is 0 Å². The lowest BCUT2D eigenvalue weighted by Gasteiger charge is -2.41. The molecule has 0 saturated carbocycles. The number of nitrogens with zero attached hydrogens (tertiary/aromatic N) is 1. The van der Waals surface area contributed by atoms with Crippen molar-refractivity contribution in [1.29, 1.82) is 0 Å². The predicted octanol–water partition coefficient (Wildman–Crippen LogP) is 1.96. The molecule has 20 heavy (non-hydrogen) atoms. The van der Waals surface area contributed by atoms with Crippen molar-refractivity contribution in [3.05, 3.63) is 35.4 Å². The summed E-state index contributed by atoms with van der Waals surface area (Å²) in [5, 5.41) is 0. The second-order valence-corrected chi connectivity index (χ2v) is 5.48. The van der Waals surface area contributed by atoms with Crippen LogP contribution in [-0.2, 0) is 18.8 Å². The molecule has 0 spiro atoms. The number of alkyl halides is 1. The van der Waals surface area contributed by atoms with Crippen molar-refractivity contribution in [2.75, 3.05) is 40.5 Å². The molecule has 0 N–H and O–H groups in total. The minimum absolute atomic E-state index is 0.380. The third-order valence-corrected chi connectivity index (χ3v) is 4.61. The summed E-state index contributed by atoms with van der Waals surface area (Å²) in [7, 11) is 2.98. The van der Waals surface area contributed by atoms with Gasteiger partial charge in [-0.1, -0.05) is 18.2 Å². The Labute approximate surface area is 126 Å². The van der Waals surface area contributed by atoms with Crippen molar-refractivity contribution in [2.45, 2.75) is 4.63 Å². The summed E-state index contributed by atoms with van der Waals surface area (Å²) in [5.74, 6) is -0.380. The molecule has 6 heteroatoms.